The number of thioether (sulfide) groups is 1. The lowest BCUT2D eigenvalue weighted by Crippen LogP contribution is -2.70. The number of rotatable bonds is 8. The van der Waals surface area contributed by atoms with Crippen molar-refractivity contribution in [3.63, 3.8) is 0 Å². The van der Waals surface area contributed by atoms with Crippen molar-refractivity contribution >= 4 is 46.8 Å². The SMILES string of the molecule is CON=C(C(=O)NC1C(=O)N2C(C(=O)OCc3ccc([N+](=O)[O-])cc3)=CCS[C@H]12)c1nccc(N)n1. The lowest BCUT2D eigenvalue weighted by molar-refractivity contribution is -0.384. The van der Waals surface area contributed by atoms with E-state index in [4.69, 9.17) is 15.3 Å². The van der Waals surface area contributed by atoms with Crippen LogP contribution < -0.4 is 11.1 Å². The molecular formula is C21H19N7O7S. The first-order chi connectivity index (χ1) is 17.3. The third-order valence-corrected chi connectivity index (χ3v) is 6.33. The summed E-state index contributed by atoms with van der Waals surface area (Å²) >= 11 is 1.35. The molecule has 14 nitrogen and oxygen atoms in total. The van der Waals surface area contributed by atoms with E-state index in [9.17, 15) is 24.5 Å². The number of β-lactam (4-membered cyclic amide) rings is 1. The molecule has 15 heteroatoms. The maximum atomic E-state index is 12.9. The van der Waals surface area contributed by atoms with Crippen LogP contribution in [0.1, 0.15) is 11.4 Å². The molecule has 1 saturated heterocycles. The molecule has 2 aliphatic rings. The molecule has 2 aromatic rings. The molecule has 3 N–H and O–H groups in total. The summed E-state index contributed by atoms with van der Waals surface area (Å²) in [5.41, 5.74) is 5.90. The Hall–Kier alpha value is -4.53. The highest BCUT2D eigenvalue weighted by Crippen LogP contribution is 2.38. The predicted octanol–water partition coefficient (Wildman–Crippen LogP) is 0.345. The molecule has 1 unspecified atom stereocenters. The number of nitro benzene ring substituents is 1. The second kappa shape index (κ2) is 10.4. The van der Waals surface area contributed by atoms with Gasteiger partial charge in [-0.2, -0.15) is 0 Å². The van der Waals surface area contributed by atoms with Gasteiger partial charge in [0.05, 0.1) is 4.92 Å². The number of hydrogen-bond donors (Lipinski definition) is 2. The van der Waals surface area contributed by atoms with Crippen molar-refractivity contribution in [2.24, 2.45) is 5.16 Å². The number of nitrogens with zero attached hydrogens (tertiary/aromatic N) is 5. The van der Waals surface area contributed by atoms with Gasteiger partial charge in [-0.25, -0.2) is 14.8 Å². The minimum atomic E-state index is -0.934. The van der Waals surface area contributed by atoms with Crippen LogP contribution >= 0.6 is 11.8 Å². The zero-order valence-corrected chi connectivity index (χ0v) is 19.5. The van der Waals surface area contributed by atoms with Crippen molar-refractivity contribution in [1.29, 1.82) is 0 Å². The lowest BCUT2D eigenvalue weighted by Gasteiger charge is -2.48. The van der Waals surface area contributed by atoms with Gasteiger partial charge in [0.1, 0.15) is 36.6 Å². The molecule has 0 bridgehead atoms. The third kappa shape index (κ3) is 4.95. The summed E-state index contributed by atoms with van der Waals surface area (Å²) in [6.45, 7) is -0.134. The number of anilines is 1. The summed E-state index contributed by atoms with van der Waals surface area (Å²) < 4.78 is 5.29. The summed E-state index contributed by atoms with van der Waals surface area (Å²) in [6.07, 6.45) is 2.91. The average molecular weight is 513 g/mol. The topological polar surface area (TPSA) is 192 Å². The first-order valence-corrected chi connectivity index (χ1v) is 11.4. The van der Waals surface area contributed by atoms with E-state index in [2.05, 4.69) is 20.4 Å². The van der Waals surface area contributed by atoms with Gasteiger partial charge in [-0.1, -0.05) is 5.16 Å². The van der Waals surface area contributed by atoms with Gasteiger partial charge < -0.3 is 20.6 Å². The standard InChI is InChI=1S/C21H19N7O7S/c1-34-26-15(17-23-8-6-14(22)24-17)18(29)25-16-19(30)27-13(7-9-36-20(16)27)21(31)35-10-11-2-4-12(5-3-11)28(32)33/h2-8,16,20H,9-10H2,1H3,(H,25,29)(H2,22,23,24)/t16?,20-/m1/s1. The van der Waals surface area contributed by atoms with Gasteiger partial charge in [0.2, 0.25) is 5.71 Å². The van der Waals surface area contributed by atoms with Crippen molar-refractivity contribution in [3.8, 4) is 0 Å². The number of oxime groups is 1. The van der Waals surface area contributed by atoms with Gasteiger partial charge in [0, 0.05) is 24.1 Å². The van der Waals surface area contributed by atoms with Crippen LogP contribution in [-0.4, -0.2) is 67.6 Å². The number of esters is 1. The van der Waals surface area contributed by atoms with Gasteiger partial charge in [-0.05, 0) is 29.8 Å². The van der Waals surface area contributed by atoms with Crippen LogP contribution in [0.15, 0.2) is 53.5 Å². The Kier molecular flexibility index (Phi) is 7.10. The fourth-order valence-electron chi connectivity index (χ4n) is 3.44. The van der Waals surface area contributed by atoms with E-state index < -0.39 is 34.1 Å². The fourth-order valence-corrected chi connectivity index (χ4v) is 4.63. The van der Waals surface area contributed by atoms with Crippen molar-refractivity contribution in [3.05, 3.63) is 69.8 Å². The number of non-ortho nitro benzene ring substituents is 1. The van der Waals surface area contributed by atoms with Gasteiger partial charge in [-0.3, -0.25) is 24.6 Å². The first kappa shape index (κ1) is 24.6. The van der Waals surface area contributed by atoms with Crippen LogP contribution in [0.2, 0.25) is 0 Å². The molecule has 2 amide bonds. The Morgan fingerprint density at radius 2 is 2.08 bits per heavy atom. The molecule has 1 aromatic heterocycles. The molecule has 3 heterocycles. The summed E-state index contributed by atoms with van der Waals surface area (Å²) in [5.74, 6) is -1.55. The zero-order valence-electron chi connectivity index (χ0n) is 18.7. The largest absolute Gasteiger partial charge is 0.456 e. The first-order valence-electron chi connectivity index (χ1n) is 10.4. The number of aromatic nitrogens is 2. The van der Waals surface area contributed by atoms with E-state index in [1.165, 1.54) is 60.3 Å². The summed E-state index contributed by atoms with van der Waals surface area (Å²) in [5, 5.41) is 16.5. The molecule has 0 radical (unpaired) electrons. The number of ether oxygens (including phenoxy) is 1. The zero-order chi connectivity index (χ0) is 25.8. The minimum Gasteiger partial charge on any atom is -0.456 e. The molecule has 36 heavy (non-hydrogen) atoms. The minimum absolute atomic E-state index is 0.0566. The number of fused-ring (bicyclic) bond motifs is 1. The Balaban J connectivity index is 1.39. The van der Waals surface area contributed by atoms with Crippen molar-refractivity contribution in [1.82, 2.24) is 20.2 Å². The van der Waals surface area contributed by atoms with Crippen LogP contribution in [0.3, 0.4) is 0 Å². The number of carbonyl (C=O) groups excluding carboxylic acids is 3. The van der Waals surface area contributed by atoms with Crippen LogP contribution in [0.5, 0.6) is 0 Å². The van der Waals surface area contributed by atoms with Crippen LogP contribution in [0, 0.1) is 10.1 Å². The Morgan fingerprint density at radius 1 is 1.33 bits per heavy atom. The van der Waals surface area contributed by atoms with E-state index >= 15 is 0 Å². The van der Waals surface area contributed by atoms with Crippen LogP contribution in [0.25, 0.3) is 0 Å². The molecule has 2 aliphatic heterocycles. The second-order valence-corrected chi connectivity index (χ2v) is 8.55. The van der Waals surface area contributed by atoms with E-state index in [0.29, 0.717) is 11.3 Å². The maximum absolute atomic E-state index is 12.9. The number of amides is 2. The quantitative estimate of drug-likeness (QED) is 0.163. The second-order valence-electron chi connectivity index (χ2n) is 7.40. The number of benzene rings is 1. The summed E-state index contributed by atoms with van der Waals surface area (Å²) in [6, 6.07) is 6.06. The van der Waals surface area contributed by atoms with Gasteiger partial charge in [-0.15, -0.1) is 11.8 Å². The number of hydrogen-bond acceptors (Lipinski definition) is 12. The lowest BCUT2D eigenvalue weighted by atomic mass is 10.0. The number of nitrogens with two attached hydrogens (primary N) is 1. The summed E-state index contributed by atoms with van der Waals surface area (Å²) in [4.78, 5) is 62.5. The third-order valence-electron chi connectivity index (χ3n) is 5.15. The van der Waals surface area contributed by atoms with Gasteiger partial charge in [0.15, 0.2) is 5.82 Å². The Labute approximate surface area is 207 Å². The molecule has 4 rings (SSSR count). The average Bonchev–Trinajstić information content (AvgIpc) is 2.88. The Morgan fingerprint density at radius 3 is 2.75 bits per heavy atom. The molecule has 1 aromatic carbocycles. The van der Waals surface area contributed by atoms with E-state index in [-0.39, 0.29) is 35.3 Å². The molecule has 0 aliphatic carbocycles. The molecule has 2 atom stereocenters. The van der Waals surface area contributed by atoms with Gasteiger partial charge in [0.25, 0.3) is 17.5 Å². The normalized spacial score (nSPS) is 18.9. The molecule has 0 saturated carbocycles. The van der Waals surface area contributed by atoms with Gasteiger partial charge >= 0.3 is 5.97 Å². The van der Waals surface area contributed by atoms with Crippen LogP contribution in [-0.2, 0) is 30.6 Å². The monoisotopic (exact) mass is 513 g/mol. The number of carbonyl (C=O) groups is 3. The van der Waals surface area contributed by atoms with E-state index in [1.807, 2.05) is 0 Å². The maximum Gasteiger partial charge on any atom is 0.355 e. The number of nitro groups is 1. The highest BCUT2D eigenvalue weighted by Gasteiger charge is 2.53. The molecule has 1 fully saturated rings. The molecular weight excluding hydrogens is 494 g/mol. The van der Waals surface area contributed by atoms with Crippen LogP contribution in [0.4, 0.5) is 11.5 Å². The van der Waals surface area contributed by atoms with E-state index in [1.54, 1.807) is 6.08 Å². The van der Waals surface area contributed by atoms with Crippen molar-refractivity contribution in [2.45, 2.75) is 18.0 Å². The fraction of sp³-hybridized carbons (Fsp3) is 0.238. The Bertz CT molecular complexity index is 1280. The van der Waals surface area contributed by atoms with E-state index in [0.717, 1.165) is 0 Å². The number of nitrogens with one attached hydrogen (secondary N) is 1. The van der Waals surface area contributed by atoms with Crippen molar-refractivity contribution < 1.29 is 28.9 Å². The number of nitrogen functional groups attached to an aromatic ring is 1. The molecule has 186 valence electrons. The predicted molar refractivity (Wildman–Crippen MR) is 126 cm³/mol. The smallest absolute Gasteiger partial charge is 0.355 e. The van der Waals surface area contributed by atoms with Crippen molar-refractivity contribution in [2.75, 3.05) is 18.6 Å². The summed E-state index contributed by atoms with van der Waals surface area (Å²) in [7, 11) is 1.24. The highest BCUT2D eigenvalue weighted by atomic mass is 32.2. The molecule has 0 spiro atoms. The highest BCUT2D eigenvalue weighted by molar-refractivity contribution is 8.00.